The minimum absolute atomic E-state index is 0.0869. The van der Waals surface area contributed by atoms with Gasteiger partial charge in [-0.1, -0.05) is 38.7 Å². The van der Waals surface area contributed by atoms with Gasteiger partial charge in [-0.15, -0.1) is 0 Å². The van der Waals surface area contributed by atoms with E-state index in [-0.39, 0.29) is 12.1 Å². The molecule has 1 rings (SSSR count). The van der Waals surface area contributed by atoms with E-state index in [1.54, 1.807) is 0 Å². The van der Waals surface area contributed by atoms with Gasteiger partial charge in [0.2, 0.25) is 0 Å². The fourth-order valence-corrected chi connectivity index (χ4v) is 1.88. The lowest BCUT2D eigenvalue weighted by Crippen LogP contribution is -1.99. The number of ether oxygens (including phenoxy) is 1. The van der Waals surface area contributed by atoms with E-state index in [2.05, 4.69) is 13.0 Å². The van der Waals surface area contributed by atoms with Gasteiger partial charge < -0.3 is 4.74 Å². The van der Waals surface area contributed by atoms with Crippen molar-refractivity contribution in [3.63, 3.8) is 0 Å². The van der Waals surface area contributed by atoms with Crippen LogP contribution in [0.4, 0.5) is 0 Å². The summed E-state index contributed by atoms with van der Waals surface area (Å²) in [6.07, 6.45) is 10.4. The molecule has 0 aromatic rings. The number of carbonyl (C=O) groups excluding carboxylic acids is 1. The third-order valence-electron chi connectivity index (χ3n) is 2.78. The maximum atomic E-state index is 11.3. The molecular formula is C13H22O2. The van der Waals surface area contributed by atoms with E-state index < -0.39 is 0 Å². The van der Waals surface area contributed by atoms with E-state index in [0.29, 0.717) is 0 Å². The lowest BCUT2D eigenvalue weighted by molar-refractivity contribution is -0.138. The maximum absolute atomic E-state index is 11.3. The zero-order valence-electron chi connectivity index (χ0n) is 9.92. The van der Waals surface area contributed by atoms with Crippen LogP contribution in [0, 0.1) is 0 Å². The van der Waals surface area contributed by atoms with Gasteiger partial charge in [0, 0.05) is 12.0 Å². The van der Waals surface area contributed by atoms with E-state index in [0.717, 1.165) is 18.4 Å². The Morgan fingerprint density at radius 2 is 2.07 bits per heavy atom. The minimum atomic E-state index is -0.101. The van der Waals surface area contributed by atoms with Gasteiger partial charge in [-0.2, -0.15) is 0 Å². The maximum Gasteiger partial charge on any atom is 0.334 e. The highest BCUT2D eigenvalue weighted by atomic mass is 16.5. The highest BCUT2D eigenvalue weighted by molar-refractivity contribution is 5.90. The van der Waals surface area contributed by atoms with E-state index in [9.17, 15) is 4.79 Å². The molecule has 0 saturated carbocycles. The van der Waals surface area contributed by atoms with E-state index in [1.165, 1.54) is 32.1 Å². The second-order valence-corrected chi connectivity index (χ2v) is 4.35. The first-order valence-corrected chi connectivity index (χ1v) is 6.14. The predicted molar refractivity (Wildman–Crippen MR) is 61.6 cm³/mol. The average Bonchev–Trinajstić information content (AvgIpc) is 2.51. The van der Waals surface area contributed by atoms with Crippen LogP contribution in [-0.2, 0) is 9.53 Å². The van der Waals surface area contributed by atoms with Crippen molar-refractivity contribution in [3.8, 4) is 0 Å². The van der Waals surface area contributed by atoms with Gasteiger partial charge in [-0.25, -0.2) is 4.79 Å². The van der Waals surface area contributed by atoms with Gasteiger partial charge in [0.15, 0.2) is 0 Å². The van der Waals surface area contributed by atoms with Crippen molar-refractivity contribution in [1.29, 1.82) is 0 Å². The monoisotopic (exact) mass is 210 g/mol. The summed E-state index contributed by atoms with van der Waals surface area (Å²) in [5.74, 6) is -0.101. The number of cyclic esters (lactones) is 1. The molecule has 1 aliphatic heterocycles. The van der Waals surface area contributed by atoms with E-state index >= 15 is 0 Å². The standard InChI is InChI=1S/C13H22O2/c1-3-4-5-6-7-8-9-12-10-11(2)15-13(12)14/h9,11H,3-8,10H2,1-2H3. The number of hydrogen-bond donors (Lipinski definition) is 0. The lowest BCUT2D eigenvalue weighted by Gasteiger charge is -1.96. The summed E-state index contributed by atoms with van der Waals surface area (Å²) in [4.78, 5) is 11.3. The second-order valence-electron chi connectivity index (χ2n) is 4.35. The largest absolute Gasteiger partial charge is 0.459 e. The Balaban J connectivity index is 2.12. The van der Waals surface area contributed by atoms with Crippen LogP contribution in [0.5, 0.6) is 0 Å². The predicted octanol–water partition coefficient (Wildman–Crippen LogP) is 3.61. The SMILES string of the molecule is CCCCCCCC=C1CC(C)OC1=O. The Hall–Kier alpha value is -0.790. The summed E-state index contributed by atoms with van der Waals surface area (Å²) in [5.41, 5.74) is 0.887. The number of rotatable bonds is 6. The quantitative estimate of drug-likeness (QED) is 0.380. The van der Waals surface area contributed by atoms with Gasteiger partial charge in [-0.05, 0) is 19.8 Å². The molecule has 0 radical (unpaired) electrons. The zero-order chi connectivity index (χ0) is 11.1. The van der Waals surface area contributed by atoms with Crippen LogP contribution in [0.2, 0.25) is 0 Å². The van der Waals surface area contributed by atoms with Crippen molar-refractivity contribution in [2.24, 2.45) is 0 Å². The lowest BCUT2D eigenvalue weighted by atomic mass is 10.1. The first kappa shape index (κ1) is 12.3. The smallest absolute Gasteiger partial charge is 0.334 e. The van der Waals surface area contributed by atoms with Crippen LogP contribution in [-0.4, -0.2) is 12.1 Å². The van der Waals surface area contributed by atoms with Crippen LogP contribution in [0.25, 0.3) is 0 Å². The molecule has 15 heavy (non-hydrogen) atoms. The molecule has 2 nitrogen and oxygen atoms in total. The Labute approximate surface area is 92.7 Å². The van der Waals surface area contributed by atoms with Crippen LogP contribution < -0.4 is 0 Å². The number of hydrogen-bond acceptors (Lipinski definition) is 2. The first-order valence-electron chi connectivity index (χ1n) is 6.14. The first-order chi connectivity index (χ1) is 7.24. The van der Waals surface area contributed by atoms with Crippen molar-refractivity contribution in [1.82, 2.24) is 0 Å². The van der Waals surface area contributed by atoms with Crippen molar-refractivity contribution >= 4 is 5.97 Å². The highest BCUT2D eigenvalue weighted by Crippen LogP contribution is 2.20. The molecule has 0 aliphatic carbocycles. The molecule has 0 aromatic heterocycles. The average molecular weight is 210 g/mol. The molecule has 0 bridgehead atoms. The van der Waals surface area contributed by atoms with Gasteiger partial charge in [-0.3, -0.25) is 0 Å². The minimum Gasteiger partial charge on any atom is -0.459 e. The van der Waals surface area contributed by atoms with Crippen molar-refractivity contribution in [3.05, 3.63) is 11.6 Å². The summed E-state index contributed by atoms with van der Waals surface area (Å²) < 4.78 is 5.06. The van der Waals surface area contributed by atoms with Gasteiger partial charge >= 0.3 is 5.97 Å². The molecule has 86 valence electrons. The molecular weight excluding hydrogens is 188 g/mol. The molecule has 0 amide bonds. The molecule has 1 unspecified atom stereocenters. The van der Waals surface area contributed by atoms with Crippen LogP contribution in [0.15, 0.2) is 11.6 Å². The van der Waals surface area contributed by atoms with Gasteiger partial charge in [0.1, 0.15) is 6.10 Å². The van der Waals surface area contributed by atoms with Gasteiger partial charge in [0.05, 0.1) is 0 Å². The van der Waals surface area contributed by atoms with Crippen molar-refractivity contribution < 1.29 is 9.53 Å². The fraction of sp³-hybridized carbons (Fsp3) is 0.769. The molecule has 0 aromatic carbocycles. The Morgan fingerprint density at radius 3 is 2.67 bits per heavy atom. The molecule has 1 atom stereocenters. The second kappa shape index (κ2) is 6.65. The molecule has 1 saturated heterocycles. The number of esters is 1. The van der Waals surface area contributed by atoms with Crippen molar-refractivity contribution in [2.45, 2.75) is 64.9 Å². The Morgan fingerprint density at radius 1 is 1.33 bits per heavy atom. The highest BCUT2D eigenvalue weighted by Gasteiger charge is 2.24. The fourth-order valence-electron chi connectivity index (χ4n) is 1.88. The third kappa shape index (κ3) is 4.50. The van der Waals surface area contributed by atoms with Gasteiger partial charge in [0.25, 0.3) is 0 Å². The summed E-state index contributed by atoms with van der Waals surface area (Å²) in [6.45, 7) is 4.16. The van der Waals surface area contributed by atoms with Crippen LogP contribution in [0.1, 0.15) is 58.8 Å². The van der Waals surface area contributed by atoms with E-state index in [4.69, 9.17) is 4.74 Å². The topological polar surface area (TPSA) is 26.3 Å². The molecule has 1 heterocycles. The summed E-state index contributed by atoms with van der Waals surface area (Å²) in [7, 11) is 0. The van der Waals surface area contributed by atoms with Crippen LogP contribution >= 0.6 is 0 Å². The molecule has 2 heteroatoms. The zero-order valence-corrected chi connectivity index (χ0v) is 9.92. The summed E-state index contributed by atoms with van der Waals surface area (Å²) in [6, 6.07) is 0. The summed E-state index contributed by atoms with van der Waals surface area (Å²) >= 11 is 0. The Bertz CT molecular complexity index is 231. The molecule has 0 N–H and O–H groups in total. The van der Waals surface area contributed by atoms with E-state index in [1.807, 2.05) is 6.92 Å². The number of unbranched alkanes of at least 4 members (excludes halogenated alkanes) is 5. The number of carbonyl (C=O) groups is 1. The Kier molecular flexibility index (Phi) is 5.44. The summed E-state index contributed by atoms with van der Waals surface area (Å²) in [5, 5.41) is 0. The molecule has 1 aliphatic rings. The normalized spacial score (nSPS) is 23.5. The third-order valence-corrected chi connectivity index (χ3v) is 2.78. The molecule has 1 fully saturated rings. The molecule has 0 spiro atoms. The number of allylic oxidation sites excluding steroid dienone is 1. The van der Waals surface area contributed by atoms with Crippen LogP contribution in [0.3, 0.4) is 0 Å². The van der Waals surface area contributed by atoms with Crippen molar-refractivity contribution in [2.75, 3.05) is 0 Å².